The molecule has 0 aromatic heterocycles. The van der Waals surface area contributed by atoms with Gasteiger partial charge in [-0.2, -0.15) is 5.26 Å². The van der Waals surface area contributed by atoms with Gasteiger partial charge in [-0.1, -0.05) is 50.2 Å². The van der Waals surface area contributed by atoms with Crippen molar-refractivity contribution in [3.63, 3.8) is 0 Å². The number of hydrogen-bond acceptors (Lipinski definition) is 2. The topological polar surface area (TPSA) is 57.3 Å². The fourth-order valence-electron chi connectivity index (χ4n) is 3.22. The molecule has 0 spiro atoms. The summed E-state index contributed by atoms with van der Waals surface area (Å²) < 4.78 is 0. The average molecular weight is 348 g/mol. The monoisotopic (exact) mass is 348 g/mol. The number of carbonyl (C=O) groups is 1. The molecule has 1 fully saturated rings. The Hall–Kier alpha value is -2.64. The molecule has 3 rings (SSSR count). The van der Waals surface area contributed by atoms with E-state index in [1.165, 1.54) is 28.9 Å². The number of para-hydroxylation sites is 1. The van der Waals surface area contributed by atoms with Crippen LogP contribution < -0.4 is 10.2 Å². The van der Waals surface area contributed by atoms with Crippen molar-refractivity contribution in [2.45, 2.75) is 45.2 Å². The van der Waals surface area contributed by atoms with Crippen molar-refractivity contribution in [2.24, 2.45) is 0 Å². The van der Waals surface area contributed by atoms with Crippen LogP contribution in [0.1, 0.15) is 49.3 Å². The Balaban J connectivity index is 1.63. The molecule has 1 atom stereocenters. The number of amides is 1. The fraction of sp³-hybridized carbons (Fsp3) is 0.364. The van der Waals surface area contributed by atoms with E-state index in [2.05, 4.69) is 49.5 Å². The molecule has 0 bridgehead atoms. The van der Waals surface area contributed by atoms with Crippen molar-refractivity contribution >= 4 is 11.6 Å². The average Bonchev–Trinajstić information content (AvgIpc) is 3.47. The first kappa shape index (κ1) is 18.2. The van der Waals surface area contributed by atoms with Gasteiger partial charge in [0.1, 0.15) is 12.6 Å². The van der Waals surface area contributed by atoms with Crippen LogP contribution >= 0.6 is 0 Å². The molecule has 0 aliphatic heterocycles. The molecule has 2 aromatic carbocycles. The summed E-state index contributed by atoms with van der Waals surface area (Å²) in [4.78, 5) is 13.8. The lowest BCUT2D eigenvalue weighted by molar-refractivity contribution is -0.916. The molecule has 134 valence electrons. The van der Waals surface area contributed by atoms with Crippen molar-refractivity contribution in [2.75, 3.05) is 11.9 Å². The second-order valence-electron chi connectivity index (χ2n) is 7.39. The molecule has 1 aliphatic rings. The number of quaternary nitrogens is 1. The number of hydrogen-bond donors (Lipinski definition) is 2. The van der Waals surface area contributed by atoms with Crippen molar-refractivity contribution in [3.8, 4) is 6.07 Å². The van der Waals surface area contributed by atoms with Crippen LogP contribution in [0.2, 0.25) is 0 Å². The predicted molar refractivity (Wildman–Crippen MR) is 103 cm³/mol. The van der Waals surface area contributed by atoms with Gasteiger partial charge in [0.15, 0.2) is 6.54 Å². The number of rotatable bonds is 7. The molecule has 2 aromatic rings. The maximum absolute atomic E-state index is 12.5. The summed E-state index contributed by atoms with van der Waals surface area (Å²) in [5.74, 6) is 0.496. The Kier molecular flexibility index (Phi) is 5.70. The van der Waals surface area contributed by atoms with E-state index in [4.69, 9.17) is 5.26 Å². The molecule has 1 amide bonds. The van der Waals surface area contributed by atoms with Gasteiger partial charge >= 0.3 is 0 Å². The van der Waals surface area contributed by atoms with E-state index in [1.54, 1.807) is 18.2 Å². The lowest BCUT2D eigenvalue weighted by atomic mass is 10.0. The number of nitrogens with zero attached hydrogens (tertiary/aromatic N) is 1. The Morgan fingerprint density at radius 3 is 2.50 bits per heavy atom. The van der Waals surface area contributed by atoms with Gasteiger partial charge in [-0.15, -0.1) is 0 Å². The number of benzene rings is 2. The molecule has 2 N–H and O–H groups in total. The van der Waals surface area contributed by atoms with Gasteiger partial charge < -0.3 is 10.2 Å². The van der Waals surface area contributed by atoms with Crippen LogP contribution in [0.3, 0.4) is 0 Å². The minimum Gasteiger partial charge on any atom is -0.321 e. The maximum atomic E-state index is 12.5. The maximum Gasteiger partial charge on any atom is 0.279 e. The molecular weight excluding hydrogens is 322 g/mol. The van der Waals surface area contributed by atoms with E-state index in [9.17, 15) is 4.79 Å². The Labute approximate surface area is 155 Å². The first-order valence-electron chi connectivity index (χ1n) is 9.29. The summed E-state index contributed by atoms with van der Waals surface area (Å²) in [6, 6.07) is 18.6. The summed E-state index contributed by atoms with van der Waals surface area (Å²) >= 11 is 0. The fourth-order valence-corrected chi connectivity index (χ4v) is 3.22. The van der Waals surface area contributed by atoms with Crippen LogP contribution in [0.15, 0.2) is 48.5 Å². The smallest absolute Gasteiger partial charge is 0.279 e. The highest BCUT2D eigenvalue weighted by atomic mass is 16.2. The number of nitriles is 1. The molecule has 1 unspecified atom stereocenters. The zero-order chi connectivity index (χ0) is 18.5. The number of nitrogens with one attached hydrogen (secondary N) is 2. The van der Waals surface area contributed by atoms with E-state index in [0.717, 1.165) is 6.54 Å². The third kappa shape index (κ3) is 4.71. The van der Waals surface area contributed by atoms with Gasteiger partial charge in [0, 0.05) is 18.4 Å². The van der Waals surface area contributed by atoms with E-state index in [0.29, 0.717) is 29.8 Å². The highest BCUT2D eigenvalue weighted by Crippen LogP contribution is 2.18. The highest BCUT2D eigenvalue weighted by molar-refractivity contribution is 5.92. The molecule has 4 nitrogen and oxygen atoms in total. The van der Waals surface area contributed by atoms with E-state index in [-0.39, 0.29) is 5.91 Å². The summed E-state index contributed by atoms with van der Waals surface area (Å²) in [5.41, 5.74) is 3.70. The molecule has 1 aliphatic carbocycles. The summed E-state index contributed by atoms with van der Waals surface area (Å²) in [5, 5.41) is 12.1. The minimum absolute atomic E-state index is 0.0339. The van der Waals surface area contributed by atoms with Gasteiger partial charge in [-0.05, 0) is 23.6 Å². The Morgan fingerprint density at radius 2 is 1.88 bits per heavy atom. The van der Waals surface area contributed by atoms with Crippen molar-refractivity contribution in [1.82, 2.24) is 0 Å². The lowest BCUT2D eigenvalue weighted by Gasteiger charge is -2.19. The third-order valence-corrected chi connectivity index (χ3v) is 4.94. The summed E-state index contributed by atoms with van der Waals surface area (Å²) in [6.07, 6.45) is 2.36. The zero-order valence-electron chi connectivity index (χ0n) is 15.5. The normalized spacial score (nSPS) is 14.7. The van der Waals surface area contributed by atoms with E-state index < -0.39 is 0 Å². The molecule has 0 saturated heterocycles. The number of anilines is 1. The van der Waals surface area contributed by atoms with E-state index in [1.807, 2.05) is 6.07 Å². The Bertz CT molecular complexity index is 801. The SMILES string of the molecule is CC(C)c1ccc(C[NH+](CC(=O)Nc2ccccc2C#N)C2CC2)cc1. The van der Waals surface area contributed by atoms with Crippen molar-refractivity contribution in [1.29, 1.82) is 5.26 Å². The molecule has 4 heteroatoms. The molecule has 1 saturated carbocycles. The van der Waals surface area contributed by atoms with Gasteiger partial charge in [-0.3, -0.25) is 4.79 Å². The highest BCUT2D eigenvalue weighted by Gasteiger charge is 2.34. The summed E-state index contributed by atoms with van der Waals surface area (Å²) in [7, 11) is 0. The van der Waals surface area contributed by atoms with Gasteiger partial charge in [0.25, 0.3) is 5.91 Å². The molecule has 0 heterocycles. The van der Waals surface area contributed by atoms with Gasteiger partial charge in [0.2, 0.25) is 0 Å². The van der Waals surface area contributed by atoms with Gasteiger partial charge in [0.05, 0.1) is 17.3 Å². The predicted octanol–water partition coefficient (Wildman–Crippen LogP) is 2.87. The molecule has 26 heavy (non-hydrogen) atoms. The van der Waals surface area contributed by atoms with Crippen LogP contribution in [-0.4, -0.2) is 18.5 Å². The quantitative estimate of drug-likeness (QED) is 0.808. The van der Waals surface area contributed by atoms with E-state index >= 15 is 0 Å². The molecular formula is C22H26N3O+. The van der Waals surface area contributed by atoms with Crippen LogP contribution in [0.4, 0.5) is 5.69 Å². The van der Waals surface area contributed by atoms with Crippen LogP contribution in [-0.2, 0) is 11.3 Å². The van der Waals surface area contributed by atoms with Gasteiger partial charge in [-0.25, -0.2) is 0 Å². The van der Waals surface area contributed by atoms with Crippen LogP contribution in [0.5, 0.6) is 0 Å². The second kappa shape index (κ2) is 8.16. The van der Waals surface area contributed by atoms with Crippen LogP contribution in [0, 0.1) is 11.3 Å². The van der Waals surface area contributed by atoms with Crippen molar-refractivity contribution in [3.05, 3.63) is 65.2 Å². The zero-order valence-corrected chi connectivity index (χ0v) is 15.5. The second-order valence-corrected chi connectivity index (χ2v) is 7.39. The van der Waals surface area contributed by atoms with Crippen molar-refractivity contribution < 1.29 is 9.69 Å². The molecule has 0 radical (unpaired) electrons. The largest absolute Gasteiger partial charge is 0.321 e. The Morgan fingerprint density at radius 1 is 1.19 bits per heavy atom. The first-order valence-corrected chi connectivity index (χ1v) is 9.29. The van der Waals surface area contributed by atoms with Crippen LogP contribution in [0.25, 0.3) is 0 Å². The third-order valence-electron chi connectivity index (χ3n) is 4.94. The lowest BCUT2D eigenvalue weighted by Crippen LogP contribution is -3.13. The minimum atomic E-state index is -0.0339. The summed E-state index contributed by atoms with van der Waals surface area (Å²) in [6.45, 7) is 5.67. The first-order chi connectivity index (χ1) is 12.6. The standard InChI is InChI=1S/C22H25N3O/c1-16(2)18-9-7-17(8-10-18)14-25(20-11-12-20)15-22(26)24-21-6-4-3-5-19(21)13-23/h3-10,16,20H,11-12,14-15H2,1-2H3,(H,24,26)/p+1. The number of carbonyl (C=O) groups excluding carboxylic acids is 1.